The first kappa shape index (κ1) is 20.6. The monoisotopic (exact) mass is 426 g/mol. The third-order valence-corrected chi connectivity index (χ3v) is 6.00. The molecule has 0 saturated carbocycles. The largest absolute Gasteiger partial charge is 0.335 e. The molecule has 0 unspecified atom stereocenters. The quantitative estimate of drug-likeness (QED) is 0.628. The van der Waals surface area contributed by atoms with Crippen molar-refractivity contribution in [1.29, 1.82) is 0 Å². The van der Waals surface area contributed by atoms with Crippen LogP contribution in [0.25, 0.3) is 5.69 Å². The van der Waals surface area contributed by atoms with Gasteiger partial charge in [0, 0.05) is 56.7 Å². The van der Waals surface area contributed by atoms with Crippen molar-refractivity contribution < 1.29 is 4.79 Å². The Balaban J connectivity index is 1.41. The highest BCUT2D eigenvalue weighted by molar-refractivity contribution is 6.33. The average molecular weight is 427 g/mol. The molecular formula is C22H27ClN6O. The Morgan fingerprint density at radius 3 is 2.40 bits per heavy atom. The molecule has 1 aliphatic rings. The standard InChI is InChI=1S/C22H27ClN6O/c1-4-28-15-20(23)21(25-28)22(30)27-12-10-26(11-13-27)14-19-16(2)24-29(17(19)3)18-8-6-5-7-9-18/h5-9,15H,4,10-14H2,1-3H3. The van der Waals surface area contributed by atoms with E-state index in [0.717, 1.165) is 36.7 Å². The molecule has 0 radical (unpaired) electrons. The molecule has 0 N–H and O–H groups in total. The Morgan fingerprint density at radius 1 is 1.07 bits per heavy atom. The van der Waals surface area contributed by atoms with Crippen LogP contribution < -0.4 is 0 Å². The number of hydrogen-bond acceptors (Lipinski definition) is 4. The minimum Gasteiger partial charge on any atom is -0.335 e. The number of hydrogen-bond donors (Lipinski definition) is 0. The van der Waals surface area contributed by atoms with Crippen LogP contribution in [-0.4, -0.2) is 61.4 Å². The van der Waals surface area contributed by atoms with Gasteiger partial charge in [-0.2, -0.15) is 10.2 Å². The van der Waals surface area contributed by atoms with E-state index in [0.29, 0.717) is 30.4 Å². The van der Waals surface area contributed by atoms with Crippen LogP contribution in [0.2, 0.25) is 5.02 Å². The first-order valence-electron chi connectivity index (χ1n) is 10.3. The molecule has 0 atom stereocenters. The number of aromatic nitrogens is 4. The van der Waals surface area contributed by atoms with Gasteiger partial charge >= 0.3 is 0 Å². The lowest BCUT2D eigenvalue weighted by atomic mass is 10.1. The fourth-order valence-electron chi connectivity index (χ4n) is 3.91. The van der Waals surface area contributed by atoms with Gasteiger partial charge in [0.1, 0.15) is 0 Å². The number of benzene rings is 1. The van der Waals surface area contributed by atoms with E-state index in [2.05, 4.69) is 36.0 Å². The van der Waals surface area contributed by atoms with Crippen LogP contribution in [0.15, 0.2) is 36.5 Å². The second-order valence-corrected chi connectivity index (χ2v) is 8.05. The number of nitrogens with zero attached hydrogens (tertiary/aromatic N) is 6. The molecule has 158 valence electrons. The van der Waals surface area contributed by atoms with Crippen molar-refractivity contribution in [2.45, 2.75) is 33.9 Å². The maximum absolute atomic E-state index is 12.8. The molecule has 30 heavy (non-hydrogen) atoms. The molecule has 0 aliphatic carbocycles. The first-order valence-corrected chi connectivity index (χ1v) is 10.7. The van der Waals surface area contributed by atoms with Gasteiger partial charge in [0.2, 0.25) is 0 Å². The number of carbonyl (C=O) groups excluding carboxylic acids is 1. The third-order valence-electron chi connectivity index (χ3n) is 5.73. The van der Waals surface area contributed by atoms with Crippen molar-refractivity contribution in [3.8, 4) is 5.69 Å². The lowest BCUT2D eigenvalue weighted by molar-refractivity contribution is 0.0621. The second kappa shape index (κ2) is 8.62. The van der Waals surface area contributed by atoms with Crippen molar-refractivity contribution in [2.24, 2.45) is 0 Å². The Hall–Kier alpha value is -2.64. The minimum absolute atomic E-state index is 0.0869. The lowest BCUT2D eigenvalue weighted by Gasteiger charge is -2.34. The summed E-state index contributed by atoms with van der Waals surface area (Å²) in [7, 11) is 0. The van der Waals surface area contributed by atoms with Gasteiger partial charge in [-0.3, -0.25) is 14.4 Å². The van der Waals surface area contributed by atoms with E-state index in [4.69, 9.17) is 16.7 Å². The zero-order valence-corrected chi connectivity index (χ0v) is 18.4. The molecule has 1 aromatic carbocycles. The van der Waals surface area contributed by atoms with Gasteiger partial charge < -0.3 is 4.90 Å². The molecule has 8 heteroatoms. The van der Waals surface area contributed by atoms with Gasteiger partial charge in [-0.25, -0.2) is 4.68 Å². The number of amides is 1. The molecule has 3 heterocycles. The van der Waals surface area contributed by atoms with Gasteiger partial charge in [0.25, 0.3) is 5.91 Å². The molecule has 1 saturated heterocycles. The summed E-state index contributed by atoms with van der Waals surface area (Å²) in [6.07, 6.45) is 1.71. The molecule has 7 nitrogen and oxygen atoms in total. The molecular weight excluding hydrogens is 400 g/mol. The summed E-state index contributed by atoms with van der Waals surface area (Å²) in [5.41, 5.74) is 4.88. The number of aryl methyl sites for hydroxylation is 2. The van der Waals surface area contributed by atoms with Crippen molar-refractivity contribution in [3.05, 3.63) is 64.2 Å². The molecule has 0 bridgehead atoms. The number of carbonyl (C=O) groups is 1. The first-order chi connectivity index (χ1) is 14.5. The fraction of sp³-hybridized carbons (Fsp3) is 0.409. The molecule has 0 spiro atoms. The van der Waals surface area contributed by atoms with Crippen LogP contribution in [0, 0.1) is 13.8 Å². The van der Waals surface area contributed by atoms with E-state index < -0.39 is 0 Å². The summed E-state index contributed by atoms with van der Waals surface area (Å²) in [5.74, 6) is -0.0869. The molecule has 1 amide bonds. The maximum atomic E-state index is 12.8. The average Bonchev–Trinajstić information content (AvgIpc) is 3.28. The molecule has 1 aliphatic heterocycles. The van der Waals surface area contributed by atoms with Crippen LogP contribution in [0.4, 0.5) is 0 Å². The summed E-state index contributed by atoms with van der Waals surface area (Å²) in [5, 5.41) is 9.48. The Kier molecular flexibility index (Phi) is 5.92. The summed E-state index contributed by atoms with van der Waals surface area (Å²) in [6, 6.07) is 10.2. The highest BCUT2D eigenvalue weighted by Crippen LogP contribution is 2.21. The third kappa shape index (κ3) is 4.00. The summed E-state index contributed by atoms with van der Waals surface area (Å²) >= 11 is 6.21. The lowest BCUT2D eigenvalue weighted by Crippen LogP contribution is -2.48. The zero-order valence-electron chi connectivity index (χ0n) is 17.7. The Bertz CT molecular complexity index is 1030. The maximum Gasteiger partial charge on any atom is 0.276 e. The van der Waals surface area contributed by atoms with Gasteiger partial charge in [0.15, 0.2) is 5.69 Å². The van der Waals surface area contributed by atoms with Crippen LogP contribution >= 0.6 is 11.6 Å². The molecule has 2 aromatic heterocycles. The van der Waals surface area contributed by atoms with E-state index in [1.807, 2.05) is 34.7 Å². The van der Waals surface area contributed by atoms with Crippen LogP contribution in [-0.2, 0) is 13.1 Å². The fourth-order valence-corrected chi connectivity index (χ4v) is 4.14. The van der Waals surface area contributed by atoms with Crippen LogP contribution in [0.1, 0.15) is 34.4 Å². The minimum atomic E-state index is -0.0869. The predicted molar refractivity (Wildman–Crippen MR) is 117 cm³/mol. The summed E-state index contributed by atoms with van der Waals surface area (Å²) < 4.78 is 3.71. The number of halogens is 1. The van der Waals surface area contributed by atoms with Crippen molar-refractivity contribution in [3.63, 3.8) is 0 Å². The van der Waals surface area contributed by atoms with Gasteiger partial charge in [-0.15, -0.1) is 0 Å². The van der Waals surface area contributed by atoms with Gasteiger partial charge in [0.05, 0.1) is 16.4 Å². The number of para-hydroxylation sites is 1. The molecule has 3 aromatic rings. The Labute approximate surface area is 181 Å². The highest BCUT2D eigenvalue weighted by atomic mass is 35.5. The molecule has 1 fully saturated rings. The van der Waals surface area contributed by atoms with Crippen LogP contribution in [0.5, 0.6) is 0 Å². The van der Waals surface area contributed by atoms with Crippen LogP contribution in [0.3, 0.4) is 0 Å². The van der Waals surface area contributed by atoms with E-state index in [9.17, 15) is 4.79 Å². The second-order valence-electron chi connectivity index (χ2n) is 7.65. The van der Waals surface area contributed by atoms with Gasteiger partial charge in [-0.05, 0) is 32.9 Å². The summed E-state index contributed by atoms with van der Waals surface area (Å²) in [4.78, 5) is 17.0. The molecule has 4 rings (SSSR count). The van der Waals surface area contributed by atoms with E-state index in [1.54, 1.807) is 10.9 Å². The van der Waals surface area contributed by atoms with E-state index >= 15 is 0 Å². The van der Waals surface area contributed by atoms with Crippen molar-refractivity contribution >= 4 is 17.5 Å². The van der Waals surface area contributed by atoms with E-state index in [1.165, 1.54) is 5.56 Å². The topological polar surface area (TPSA) is 59.2 Å². The summed E-state index contributed by atoms with van der Waals surface area (Å²) in [6.45, 7) is 10.6. The number of rotatable bonds is 5. The van der Waals surface area contributed by atoms with Crippen molar-refractivity contribution in [1.82, 2.24) is 29.4 Å². The van der Waals surface area contributed by atoms with E-state index in [-0.39, 0.29) is 5.91 Å². The van der Waals surface area contributed by atoms with Gasteiger partial charge in [-0.1, -0.05) is 29.8 Å². The van der Waals surface area contributed by atoms with Crippen molar-refractivity contribution in [2.75, 3.05) is 26.2 Å². The highest BCUT2D eigenvalue weighted by Gasteiger charge is 2.26. The Morgan fingerprint density at radius 2 is 1.77 bits per heavy atom. The SMILES string of the molecule is CCn1cc(Cl)c(C(=O)N2CCN(Cc3c(C)nn(-c4ccccc4)c3C)CC2)n1. The zero-order chi connectivity index (χ0) is 21.3. The predicted octanol–water partition coefficient (Wildman–Crippen LogP) is 3.32. The normalized spacial score (nSPS) is 15.0. The number of piperazine rings is 1. The smallest absolute Gasteiger partial charge is 0.276 e.